The van der Waals surface area contributed by atoms with Gasteiger partial charge in [-0.3, -0.25) is 4.79 Å². The summed E-state index contributed by atoms with van der Waals surface area (Å²) in [6.07, 6.45) is 6.94. The molecule has 6 heteroatoms. The summed E-state index contributed by atoms with van der Waals surface area (Å²) in [5.74, 6) is 1.03. The number of likely N-dealkylation sites (tertiary alicyclic amines) is 1. The Bertz CT molecular complexity index is 714. The molecule has 140 valence electrons. The van der Waals surface area contributed by atoms with Gasteiger partial charge in [0.05, 0.1) is 5.92 Å². The van der Waals surface area contributed by atoms with Crippen LogP contribution in [0.4, 0.5) is 4.39 Å². The minimum Gasteiger partial charge on any atom is -0.342 e. The number of carbonyl (C=O) groups is 1. The van der Waals surface area contributed by atoms with Gasteiger partial charge in [-0.25, -0.2) is 4.39 Å². The van der Waals surface area contributed by atoms with Gasteiger partial charge in [0, 0.05) is 25.1 Å². The van der Waals surface area contributed by atoms with Crippen molar-refractivity contribution >= 4 is 5.91 Å². The lowest BCUT2D eigenvalue weighted by molar-refractivity contribution is -0.132. The van der Waals surface area contributed by atoms with E-state index in [1.165, 1.54) is 25.0 Å². The van der Waals surface area contributed by atoms with Crippen molar-refractivity contribution in [2.24, 2.45) is 0 Å². The zero-order chi connectivity index (χ0) is 18.4. The Morgan fingerprint density at radius 2 is 2.08 bits per heavy atom. The Kier molecular flexibility index (Phi) is 6.36. The molecule has 1 aliphatic heterocycles. The minimum atomic E-state index is -0.294. The first kappa shape index (κ1) is 18.5. The number of hydrogen-bond donors (Lipinski definition) is 0. The first-order chi connectivity index (χ1) is 12.7. The average Bonchev–Trinajstić information content (AvgIpc) is 3.16. The number of carbonyl (C=O) groups excluding carboxylic acids is 1. The highest BCUT2D eigenvalue weighted by atomic mass is 19.1. The second kappa shape index (κ2) is 8.92. The maximum absolute atomic E-state index is 13.0. The van der Waals surface area contributed by atoms with Crippen LogP contribution in [0.2, 0.25) is 0 Å². The van der Waals surface area contributed by atoms with Gasteiger partial charge in [-0.15, -0.1) is 0 Å². The van der Waals surface area contributed by atoms with Crippen LogP contribution in [0.15, 0.2) is 28.8 Å². The van der Waals surface area contributed by atoms with Gasteiger partial charge in [0.15, 0.2) is 0 Å². The number of rotatable bonds is 7. The van der Waals surface area contributed by atoms with Crippen LogP contribution < -0.4 is 0 Å². The van der Waals surface area contributed by atoms with Gasteiger partial charge in [-0.1, -0.05) is 31.3 Å². The first-order valence-corrected chi connectivity index (χ1v) is 9.54. The van der Waals surface area contributed by atoms with E-state index in [1.807, 2.05) is 4.90 Å². The van der Waals surface area contributed by atoms with Gasteiger partial charge < -0.3 is 9.42 Å². The van der Waals surface area contributed by atoms with E-state index in [1.54, 1.807) is 12.1 Å². The van der Waals surface area contributed by atoms with Crippen molar-refractivity contribution in [2.75, 3.05) is 13.1 Å². The van der Waals surface area contributed by atoms with Crippen molar-refractivity contribution in [3.63, 3.8) is 0 Å². The molecule has 1 aromatic carbocycles. The highest BCUT2D eigenvalue weighted by Gasteiger charge is 2.28. The highest BCUT2D eigenvalue weighted by Crippen LogP contribution is 2.28. The SMILES string of the molecule is CCCCCCC(=O)N1CCCC(c2nc(-c3ccc(F)cc3)no2)C1. The fraction of sp³-hybridized carbons (Fsp3) is 0.550. The number of benzene rings is 1. The Hall–Kier alpha value is -2.24. The molecule has 0 N–H and O–H groups in total. The Labute approximate surface area is 153 Å². The van der Waals surface area contributed by atoms with Crippen LogP contribution >= 0.6 is 0 Å². The van der Waals surface area contributed by atoms with Crippen LogP contribution in [0.5, 0.6) is 0 Å². The zero-order valence-corrected chi connectivity index (χ0v) is 15.3. The number of halogens is 1. The van der Waals surface area contributed by atoms with E-state index in [0.717, 1.165) is 37.8 Å². The number of amides is 1. The lowest BCUT2D eigenvalue weighted by Gasteiger charge is -2.31. The average molecular weight is 359 g/mol. The predicted octanol–water partition coefficient (Wildman–Crippen LogP) is 4.55. The van der Waals surface area contributed by atoms with E-state index in [0.29, 0.717) is 24.7 Å². The van der Waals surface area contributed by atoms with E-state index in [-0.39, 0.29) is 17.6 Å². The van der Waals surface area contributed by atoms with Gasteiger partial charge in [0.1, 0.15) is 5.82 Å². The molecule has 0 saturated carbocycles. The number of aromatic nitrogens is 2. The molecule has 0 bridgehead atoms. The van der Waals surface area contributed by atoms with Gasteiger partial charge in [-0.2, -0.15) is 4.98 Å². The van der Waals surface area contributed by atoms with Crippen LogP contribution in [-0.2, 0) is 4.79 Å². The third-order valence-electron chi connectivity index (χ3n) is 4.91. The summed E-state index contributed by atoms with van der Waals surface area (Å²) in [5.41, 5.74) is 0.723. The summed E-state index contributed by atoms with van der Waals surface area (Å²) in [4.78, 5) is 18.8. The van der Waals surface area contributed by atoms with Crippen LogP contribution in [0.1, 0.15) is 63.7 Å². The normalized spacial score (nSPS) is 17.5. The molecule has 5 nitrogen and oxygen atoms in total. The molecule has 26 heavy (non-hydrogen) atoms. The third-order valence-corrected chi connectivity index (χ3v) is 4.91. The van der Waals surface area contributed by atoms with E-state index in [4.69, 9.17) is 4.52 Å². The Morgan fingerprint density at radius 1 is 1.27 bits per heavy atom. The quantitative estimate of drug-likeness (QED) is 0.680. The molecule has 1 unspecified atom stereocenters. The summed E-state index contributed by atoms with van der Waals surface area (Å²) in [7, 11) is 0. The number of nitrogens with zero attached hydrogens (tertiary/aromatic N) is 3. The van der Waals surface area contributed by atoms with Crippen molar-refractivity contribution in [2.45, 2.75) is 57.8 Å². The highest BCUT2D eigenvalue weighted by molar-refractivity contribution is 5.76. The summed E-state index contributed by atoms with van der Waals surface area (Å²) >= 11 is 0. The van der Waals surface area contributed by atoms with E-state index in [9.17, 15) is 9.18 Å². The molecule has 1 aliphatic rings. The van der Waals surface area contributed by atoms with Gasteiger partial charge in [0.2, 0.25) is 17.6 Å². The fourth-order valence-electron chi connectivity index (χ4n) is 3.38. The molecule has 0 spiro atoms. The molecule has 1 atom stereocenters. The third kappa shape index (κ3) is 4.68. The standard InChI is InChI=1S/C20H26FN3O2/c1-2-3-4-5-8-18(25)24-13-6-7-16(14-24)20-22-19(23-26-20)15-9-11-17(21)12-10-15/h9-12,16H,2-8,13-14H2,1H3. The molecular formula is C20H26FN3O2. The van der Waals surface area contributed by atoms with Gasteiger partial charge >= 0.3 is 0 Å². The topological polar surface area (TPSA) is 59.2 Å². The molecule has 1 saturated heterocycles. The van der Waals surface area contributed by atoms with Crippen LogP contribution in [-0.4, -0.2) is 34.0 Å². The van der Waals surface area contributed by atoms with Crippen LogP contribution in [0.25, 0.3) is 11.4 Å². The second-order valence-corrected chi connectivity index (χ2v) is 6.95. The maximum Gasteiger partial charge on any atom is 0.231 e. The van der Waals surface area contributed by atoms with Crippen LogP contribution in [0.3, 0.4) is 0 Å². The lowest BCUT2D eigenvalue weighted by Crippen LogP contribution is -2.39. The summed E-state index contributed by atoms with van der Waals surface area (Å²) in [6.45, 7) is 3.61. The monoisotopic (exact) mass is 359 g/mol. The molecule has 0 aliphatic carbocycles. The molecule has 3 rings (SSSR count). The molecule has 1 fully saturated rings. The Morgan fingerprint density at radius 3 is 2.85 bits per heavy atom. The fourth-order valence-corrected chi connectivity index (χ4v) is 3.38. The van der Waals surface area contributed by atoms with Gasteiger partial charge in [0.25, 0.3) is 0 Å². The molecule has 1 amide bonds. The van der Waals surface area contributed by atoms with Crippen molar-refractivity contribution in [1.29, 1.82) is 0 Å². The number of piperidine rings is 1. The second-order valence-electron chi connectivity index (χ2n) is 6.95. The summed E-state index contributed by atoms with van der Waals surface area (Å²) in [6, 6.07) is 6.03. The maximum atomic E-state index is 13.0. The first-order valence-electron chi connectivity index (χ1n) is 9.54. The molecular weight excluding hydrogens is 333 g/mol. The summed E-state index contributed by atoms with van der Waals surface area (Å²) < 4.78 is 18.5. The molecule has 2 heterocycles. The van der Waals surface area contributed by atoms with Gasteiger partial charge in [-0.05, 0) is 43.5 Å². The van der Waals surface area contributed by atoms with Crippen molar-refractivity contribution in [3.05, 3.63) is 36.0 Å². The summed E-state index contributed by atoms with van der Waals surface area (Å²) in [5, 5.41) is 4.02. The Balaban J connectivity index is 1.59. The smallest absolute Gasteiger partial charge is 0.231 e. The van der Waals surface area contributed by atoms with Crippen molar-refractivity contribution in [1.82, 2.24) is 15.0 Å². The van der Waals surface area contributed by atoms with Crippen LogP contribution in [0, 0.1) is 5.82 Å². The molecule has 2 aromatic rings. The van der Waals surface area contributed by atoms with E-state index in [2.05, 4.69) is 17.1 Å². The molecule has 1 aromatic heterocycles. The lowest BCUT2D eigenvalue weighted by atomic mass is 9.97. The van der Waals surface area contributed by atoms with E-state index < -0.39 is 0 Å². The predicted molar refractivity (Wildman–Crippen MR) is 97.0 cm³/mol. The number of hydrogen-bond acceptors (Lipinski definition) is 4. The van der Waals surface area contributed by atoms with E-state index >= 15 is 0 Å². The minimum absolute atomic E-state index is 0.0741. The van der Waals surface area contributed by atoms with Crippen molar-refractivity contribution in [3.8, 4) is 11.4 Å². The zero-order valence-electron chi connectivity index (χ0n) is 15.3. The molecule has 0 radical (unpaired) electrons. The largest absolute Gasteiger partial charge is 0.342 e. The number of unbranched alkanes of at least 4 members (excludes halogenated alkanes) is 3. The van der Waals surface area contributed by atoms with Crippen molar-refractivity contribution < 1.29 is 13.7 Å².